The molecule has 0 aliphatic heterocycles. The fraction of sp³-hybridized carbons (Fsp3) is 0.360. The van der Waals surface area contributed by atoms with Crippen LogP contribution in [0.1, 0.15) is 38.2 Å². The van der Waals surface area contributed by atoms with Crippen LogP contribution in [-0.2, 0) is 30.5 Å². The van der Waals surface area contributed by atoms with Gasteiger partial charge in [-0.2, -0.15) is 0 Å². The Bertz CT molecular complexity index is 921. The van der Waals surface area contributed by atoms with Gasteiger partial charge in [0.25, 0.3) is 0 Å². The number of para-hydroxylation sites is 1. The molecule has 3 N–H and O–H groups in total. The number of ether oxygens (including phenoxy) is 2. The zero-order valence-corrected chi connectivity index (χ0v) is 19.3. The molecule has 0 saturated carbocycles. The highest BCUT2D eigenvalue weighted by Crippen LogP contribution is 2.09. The Kier molecular flexibility index (Phi) is 11.7. The summed E-state index contributed by atoms with van der Waals surface area (Å²) in [5.41, 5.74) is 1.45. The molecule has 182 valence electrons. The van der Waals surface area contributed by atoms with Crippen molar-refractivity contribution in [3.8, 4) is 0 Å². The number of unbranched alkanes of at least 4 members (excludes halogenated alkanes) is 1. The van der Waals surface area contributed by atoms with Crippen molar-refractivity contribution >= 4 is 29.6 Å². The van der Waals surface area contributed by atoms with E-state index in [-0.39, 0.29) is 25.5 Å². The summed E-state index contributed by atoms with van der Waals surface area (Å²) in [5, 5.41) is 8.05. The van der Waals surface area contributed by atoms with Crippen LogP contribution in [0.3, 0.4) is 0 Å². The monoisotopic (exact) mass is 469 g/mol. The highest BCUT2D eigenvalue weighted by atomic mass is 16.5. The van der Waals surface area contributed by atoms with E-state index in [4.69, 9.17) is 9.47 Å². The lowest BCUT2D eigenvalue weighted by Crippen LogP contribution is -2.44. The van der Waals surface area contributed by atoms with Gasteiger partial charge in [0, 0.05) is 12.2 Å². The van der Waals surface area contributed by atoms with Crippen LogP contribution >= 0.6 is 0 Å². The maximum Gasteiger partial charge on any atom is 0.408 e. The summed E-state index contributed by atoms with van der Waals surface area (Å²) >= 11 is 0. The van der Waals surface area contributed by atoms with Gasteiger partial charge in [-0.15, -0.1) is 0 Å². The van der Waals surface area contributed by atoms with Gasteiger partial charge in [-0.25, -0.2) is 4.79 Å². The minimum atomic E-state index is -0.821. The van der Waals surface area contributed by atoms with Crippen LogP contribution < -0.4 is 16.0 Å². The Balaban J connectivity index is 1.82. The molecule has 0 saturated heterocycles. The zero-order valence-electron chi connectivity index (χ0n) is 19.3. The predicted molar refractivity (Wildman–Crippen MR) is 127 cm³/mol. The van der Waals surface area contributed by atoms with E-state index >= 15 is 0 Å². The molecule has 3 amide bonds. The number of amides is 3. The van der Waals surface area contributed by atoms with E-state index in [1.54, 1.807) is 31.2 Å². The average molecular weight is 470 g/mol. The minimum absolute atomic E-state index is 0.0895. The molecule has 0 aliphatic carbocycles. The number of carbonyl (C=O) groups is 4. The Morgan fingerprint density at radius 1 is 0.882 bits per heavy atom. The standard InChI is InChI=1S/C25H31N3O6/c1-2-33-23(30)17-22(29)26-16-10-9-15-21(24(31)27-20-13-7-4-8-14-20)28-25(32)34-18-19-11-5-3-6-12-19/h3-8,11-14,21H,2,9-10,15-18H2,1H3,(H,26,29)(H,27,31)(H,28,32)/t21-/m0/s1. The number of carbonyl (C=O) groups excluding carboxylic acids is 4. The molecule has 0 bridgehead atoms. The fourth-order valence-electron chi connectivity index (χ4n) is 3.03. The first kappa shape index (κ1) is 26.4. The molecule has 0 heterocycles. The second-order valence-corrected chi connectivity index (χ2v) is 7.44. The largest absolute Gasteiger partial charge is 0.466 e. The van der Waals surface area contributed by atoms with E-state index in [0.29, 0.717) is 31.5 Å². The van der Waals surface area contributed by atoms with E-state index in [2.05, 4.69) is 16.0 Å². The zero-order chi connectivity index (χ0) is 24.6. The van der Waals surface area contributed by atoms with Crippen molar-refractivity contribution in [2.45, 2.75) is 45.3 Å². The first-order chi connectivity index (χ1) is 16.5. The number of esters is 1. The maximum absolute atomic E-state index is 12.8. The minimum Gasteiger partial charge on any atom is -0.466 e. The van der Waals surface area contributed by atoms with E-state index in [1.165, 1.54) is 0 Å². The lowest BCUT2D eigenvalue weighted by molar-refractivity contribution is -0.146. The third-order valence-electron chi connectivity index (χ3n) is 4.71. The molecule has 2 aromatic rings. The molecule has 0 spiro atoms. The molecule has 34 heavy (non-hydrogen) atoms. The van der Waals surface area contributed by atoms with E-state index < -0.39 is 24.0 Å². The first-order valence-electron chi connectivity index (χ1n) is 11.2. The van der Waals surface area contributed by atoms with Gasteiger partial charge in [-0.1, -0.05) is 48.5 Å². The molecule has 1 atom stereocenters. The molecule has 9 heteroatoms. The van der Waals surface area contributed by atoms with Gasteiger partial charge >= 0.3 is 12.1 Å². The molecule has 0 fully saturated rings. The van der Waals surface area contributed by atoms with Gasteiger partial charge in [-0.3, -0.25) is 14.4 Å². The van der Waals surface area contributed by atoms with Crippen molar-refractivity contribution in [1.29, 1.82) is 0 Å². The molecule has 2 aromatic carbocycles. The van der Waals surface area contributed by atoms with Crippen LogP contribution in [0.2, 0.25) is 0 Å². The van der Waals surface area contributed by atoms with Gasteiger partial charge in [0.15, 0.2) is 0 Å². The maximum atomic E-state index is 12.8. The smallest absolute Gasteiger partial charge is 0.408 e. The van der Waals surface area contributed by atoms with Crippen LogP contribution in [0.15, 0.2) is 60.7 Å². The number of anilines is 1. The Hall–Kier alpha value is -3.88. The van der Waals surface area contributed by atoms with Gasteiger partial charge in [0.05, 0.1) is 6.61 Å². The van der Waals surface area contributed by atoms with Crippen molar-refractivity contribution in [3.63, 3.8) is 0 Å². The third kappa shape index (κ3) is 10.6. The highest BCUT2D eigenvalue weighted by molar-refractivity contribution is 5.96. The van der Waals surface area contributed by atoms with E-state index in [1.807, 2.05) is 36.4 Å². The SMILES string of the molecule is CCOC(=O)CC(=O)NCCCC[C@H](NC(=O)OCc1ccccc1)C(=O)Nc1ccccc1. The molecule has 0 aromatic heterocycles. The van der Waals surface area contributed by atoms with Crippen molar-refractivity contribution in [2.75, 3.05) is 18.5 Å². The van der Waals surface area contributed by atoms with Crippen LogP contribution in [-0.4, -0.2) is 43.1 Å². The molecule has 0 unspecified atom stereocenters. The lowest BCUT2D eigenvalue weighted by atomic mass is 10.1. The summed E-state index contributed by atoms with van der Waals surface area (Å²) in [5.74, 6) is -1.36. The van der Waals surface area contributed by atoms with Crippen LogP contribution in [0.4, 0.5) is 10.5 Å². The average Bonchev–Trinajstić information content (AvgIpc) is 2.83. The number of rotatable bonds is 13. The number of hydrogen-bond acceptors (Lipinski definition) is 6. The fourth-order valence-corrected chi connectivity index (χ4v) is 3.03. The highest BCUT2D eigenvalue weighted by Gasteiger charge is 2.21. The normalized spacial score (nSPS) is 11.1. The number of nitrogens with one attached hydrogen (secondary N) is 3. The van der Waals surface area contributed by atoms with Crippen LogP contribution in [0.25, 0.3) is 0 Å². The summed E-state index contributed by atoms with van der Waals surface area (Å²) in [7, 11) is 0. The number of benzene rings is 2. The topological polar surface area (TPSA) is 123 Å². The molecule has 9 nitrogen and oxygen atoms in total. The van der Waals surface area contributed by atoms with Crippen molar-refractivity contribution in [1.82, 2.24) is 10.6 Å². The van der Waals surface area contributed by atoms with Crippen LogP contribution in [0, 0.1) is 0 Å². The van der Waals surface area contributed by atoms with Crippen molar-refractivity contribution in [3.05, 3.63) is 66.2 Å². The first-order valence-corrected chi connectivity index (χ1v) is 11.2. The lowest BCUT2D eigenvalue weighted by Gasteiger charge is -2.18. The molecular formula is C25H31N3O6. The summed E-state index contributed by atoms with van der Waals surface area (Å²) in [6.07, 6.45) is 0.424. The Morgan fingerprint density at radius 2 is 1.56 bits per heavy atom. The molecule has 0 aliphatic rings. The summed E-state index contributed by atoms with van der Waals surface area (Å²) in [6, 6.07) is 17.3. The van der Waals surface area contributed by atoms with E-state index in [0.717, 1.165) is 5.56 Å². The van der Waals surface area contributed by atoms with E-state index in [9.17, 15) is 19.2 Å². The molecule has 2 rings (SSSR count). The Labute approximate surface area is 199 Å². The summed E-state index contributed by atoms with van der Waals surface area (Å²) in [4.78, 5) is 48.1. The van der Waals surface area contributed by atoms with Gasteiger partial charge < -0.3 is 25.4 Å². The molecule has 0 radical (unpaired) electrons. The van der Waals surface area contributed by atoms with Crippen molar-refractivity contribution < 1.29 is 28.7 Å². The van der Waals surface area contributed by atoms with Gasteiger partial charge in [-0.05, 0) is 43.9 Å². The van der Waals surface area contributed by atoms with Crippen LogP contribution in [0.5, 0.6) is 0 Å². The quantitative estimate of drug-likeness (QED) is 0.235. The second kappa shape index (κ2) is 15.0. The number of hydrogen-bond donors (Lipinski definition) is 3. The van der Waals surface area contributed by atoms with Crippen molar-refractivity contribution in [2.24, 2.45) is 0 Å². The second-order valence-electron chi connectivity index (χ2n) is 7.44. The third-order valence-corrected chi connectivity index (χ3v) is 4.71. The van der Waals surface area contributed by atoms with Gasteiger partial charge in [0.2, 0.25) is 11.8 Å². The predicted octanol–water partition coefficient (Wildman–Crippen LogP) is 3.16. The summed E-state index contributed by atoms with van der Waals surface area (Å²) < 4.78 is 9.98. The summed E-state index contributed by atoms with van der Waals surface area (Å²) in [6.45, 7) is 2.32. The van der Waals surface area contributed by atoms with Gasteiger partial charge in [0.1, 0.15) is 19.1 Å². The number of alkyl carbamates (subject to hydrolysis) is 1. The Morgan fingerprint density at radius 3 is 2.24 bits per heavy atom. The molecular weight excluding hydrogens is 438 g/mol.